The van der Waals surface area contributed by atoms with E-state index >= 15 is 0 Å². The monoisotopic (exact) mass is 426 g/mol. The zero-order valence-corrected chi connectivity index (χ0v) is 17.9. The van der Waals surface area contributed by atoms with Crippen molar-refractivity contribution in [1.82, 2.24) is 9.97 Å². The highest BCUT2D eigenvalue weighted by Crippen LogP contribution is 2.39. The zero-order valence-electron chi connectivity index (χ0n) is 15.4. The molecule has 0 aliphatic rings. The Bertz CT molecular complexity index is 1060. The smallest absolute Gasteiger partial charge is 0.170 e. The van der Waals surface area contributed by atoms with E-state index in [2.05, 4.69) is 22.9 Å². The van der Waals surface area contributed by atoms with Crippen molar-refractivity contribution in [2.24, 2.45) is 0 Å². The maximum atomic E-state index is 5.53. The topological polar surface area (TPSA) is 44.2 Å². The van der Waals surface area contributed by atoms with Gasteiger partial charge in [-0.15, -0.1) is 22.7 Å². The summed E-state index contributed by atoms with van der Waals surface area (Å²) in [4.78, 5) is 9.51. The maximum Gasteiger partial charge on any atom is 0.170 e. The molecular formula is C21H18N2O2S3. The van der Waals surface area contributed by atoms with Crippen LogP contribution in [-0.4, -0.2) is 24.2 Å². The van der Waals surface area contributed by atoms with Gasteiger partial charge in [0.15, 0.2) is 15.8 Å². The summed E-state index contributed by atoms with van der Waals surface area (Å²) in [6, 6.07) is 16.1. The lowest BCUT2D eigenvalue weighted by atomic mass is 10.2. The van der Waals surface area contributed by atoms with Crippen molar-refractivity contribution in [3.05, 3.63) is 65.0 Å². The van der Waals surface area contributed by atoms with E-state index in [-0.39, 0.29) is 0 Å². The van der Waals surface area contributed by atoms with Crippen molar-refractivity contribution in [2.45, 2.75) is 10.1 Å². The maximum absolute atomic E-state index is 5.53. The van der Waals surface area contributed by atoms with Gasteiger partial charge < -0.3 is 9.47 Å². The number of rotatable bonds is 7. The molecule has 0 atom stereocenters. The third-order valence-corrected chi connectivity index (χ3v) is 7.06. The quantitative estimate of drug-likeness (QED) is 0.327. The normalized spacial score (nSPS) is 10.8. The number of hydrogen-bond donors (Lipinski definition) is 0. The van der Waals surface area contributed by atoms with Crippen LogP contribution in [0.5, 0.6) is 11.5 Å². The van der Waals surface area contributed by atoms with Gasteiger partial charge in [-0.2, -0.15) is 0 Å². The van der Waals surface area contributed by atoms with Crippen molar-refractivity contribution in [3.63, 3.8) is 0 Å². The lowest BCUT2D eigenvalue weighted by molar-refractivity contribution is 0.356. The van der Waals surface area contributed by atoms with Crippen LogP contribution in [0.15, 0.2) is 63.6 Å². The number of thioether (sulfide) groups is 1. The number of hydrogen-bond acceptors (Lipinski definition) is 7. The first kappa shape index (κ1) is 19.0. The highest BCUT2D eigenvalue weighted by atomic mass is 32.2. The van der Waals surface area contributed by atoms with Crippen LogP contribution < -0.4 is 9.47 Å². The fourth-order valence-electron chi connectivity index (χ4n) is 2.75. The van der Waals surface area contributed by atoms with Crippen molar-refractivity contribution in [3.8, 4) is 33.3 Å². The Morgan fingerprint density at radius 3 is 2.54 bits per heavy atom. The van der Waals surface area contributed by atoms with Crippen LogP contribution in [0.2, 0.25) is 0 Å². The molecule has 0 aliphatic heterocycles. The van der Waals surface area contributed by atoms with Crippen LogP contribution in [0.1, 0.15) is 5.69 Å². The first-order valence-electron chi connectivity index (χ1n) is 8.58. The molecule has 0 bridgehead atoms. The number of methoxy groups -OCH3 is 2. The van der Waals surface area contributed by atoms with Crippen molar-refractivity contribution in [1.29, 1.82) is 0 Å². The summed E-state index contributed by atoms with van der Waals surface area (Å²) in [5.41, 5.74) is 4.15. The van der Waals surface area contributed by atoms with Gasteiger partial charge in [0.25, 0.3) is 0 Å². The van der Waals surface area contributed by atoms with Crippen molar-refractivity contribution >= 4 is 34.4 Å². The Morgan fingerprint density at radius 2 is 1.75 bits per heavy atom. The molecule has 142 valence electrons. The van der Waals surface area contributed by atoms with Gasteiger partial charge in [-0.3, -0.25) is 0 Å². The summed E-state index contributed by atoms with van der Waals surface area (Å²) < 4.78 is 12.0. The summed E-state index contributed by atoms with van der Waals surface area (Å²) in [6.45, 7) is 0. The molecule has 7 heteroatoms. The SMILES string of the molecule is COc1cccc(-c2nc(CSc3nc(-c4ccccc4)cs3)cs2)c1OC. The Balaban J connectivity index is 1.47. The number of ether oxygens (including phenoxy) is 2. The summed E-state index contributed by atoms with van der Waals surface area (Å²) in [5, 5.41) is 5.12. The van der Waals surface area contributed by atoms with Gasteiger partial charge in [0.05, 0.1) is 31.2 Å². The predicted octanol–water partition coefficient (Wildman–Crippen LogP) is 6.24. The average Bonchev–Trinajstić information content (AvgIpc) is 3.42. The summed E-state index contributed by atoms with van der Waals surface area (Å²) in [7, 11) is 3.29. The van der Waals surface area contributed by atoms with Gasteiger partial charge in [-0.1, -0.05) is 48.2 Å². The standard InChI is InChI=1S/C21H18N2O2S3/c1-24-18-10-6-9-16(19(18)25-2)20-22-15(11-26-20)12-27-21-23-17(13-28-21)14-7-4-3-5-8-14/h3-11,13H,12H2,1-2H3. The van der Waals surface area contributed by atoms with Crippen molar-refractivity contribution in [2.75, 3.05) is 14.2 Å². The molecule has 2 heterocycles. The Hall–Kier alpha value is -2.35. The van der Waals surface area contributed by atoms with E-state index in [4.69, 9.17) is 19.4 Å². The molecule has 4 rings (SSSR count). The minimum absolute atomic E-state index is 0.711. The van der Waals surface area contributed by atoms with Gasteiger partial charge in [0, 0.05) is 22.1 Å². The van der Waals surface area contributed by atoms with Gasteiger partial charge in [0.1, 0.15) is 5.01 Å². The molecule has 0 unspecified atom stereocenters. The second-order valence-corrected chi connectivity index (χ2v) is 8.78. The number of benzene rings is 2. The number of thiazole rings is 2. The van der Waals surface area contributed by atoms with Crippen LogP contribution in [0.25, 0.3) is 21.8 Å². The molecule has 28 heavy (non-hydrogen) atoms. The van der Waals surface area contributed by atoms with E-state index in [9.17, 15) is 0 Å². The fourth-order valence-corrected chi connectivity index (χ4v) is 5.43. The fraction of sp³-hybridized carbons (Fsp3) is 0.143. The third kappa shape index (κ3) is 4.06. The highest BCUT2D eigenvalue weighted by molar-refractivity contribution is 8.00. The number of para-hydroxylation sites is 1. The first-order chi connectivity index (χ1) is 13.8. The van der Waals surface area contributed by atoms with Crippen LogP contribution in [0.3, 0.4) is 0 Å². The molecule has 4 aromatic rings. The molecule has 0 N–H and O–H groups in total. The van der Waals surface area contributed by atoms with Crippen LogP contribution in [0.4, 0.5) is 0 Å². The van der Waals surface area contributed by atoms with Crippen LogP contribution >= 0.6 is 34.4 Å². The Morgan fingerprint density at radius 1 is 0.893 bits per heavy atom. The lowest BCUT2D eigenvalue weighted by Crippen LogP contribution is -1.93. The van der Waals surface area contributed by atoms with Gasteiger partial charge >= 0.3 is 0 Å². The minimum Gasteiger partial charge on any atom is -0.493 e. The lowest BCUT2D eigenvalue weighted by Gasteiger charge is -2.10. The minimum atomic E-state index is 0.711. The highest BCUT2D eigenvalue weighted by Gasteiger charge is 2.15. The summed E-state index contributed by atoms with van der Waals surface area (Å²) in [6.07, 6.45) is 0. The molecule has 4 nitrogen and oxygen atoms in total. The Kier molecular flexibility index (Phi) is 5.95. The molecule has 0 spiro atoms. The molecule has 2 aromatic heterocycles. The molecule has 0 fully saturated rings. The second-order valence-electron chi connectivity index (χ2n) is 5.84. The second kappa shape index (κ2) is 8.77. The number of aromatic nitrogens is 2. The van der Waals surface area contributed by atoms with E-state index in [1.165, 1.54) is 0 Å². The zero-order chi connectivity index (χ0) is 19.3. The number of nitrogens with zero attached hydrogens (tertiary/aromatic N) is 2. The van der Waals surface area contributed by atoms with Gasteiger partial charge in [-0.05, 0) is 12.1 Å². The van der Waals surface area contributed by atoms with Gasteiger partial charge in [-0.25, -0.2) is 9.97 Å². The van der Waals surface area contributed by atoms with E-state index in [1.54, 1.807) is 48.7 Å². The van der Waals surface area contributed by atoms with E-state index in [0.717, 1.165) is 37.6 Å². The summed E-state index contributed by atoms with van der Waals surface area (Å²) in [5.74, 6) is 2.21. The summed E-state index contributed by atoms with van der Waals surface area (Å²) >= 11 is 4.99. The molecule has 0 saturated carbocycles. The predicted molar refractivity (Wildman–Crippen MR) is 118 cm³/mol. The van der Waals surface area contributed by atoms with Gasteiger partial charge in [0.2, 0.25) is 0 Å². The average molecular weight is 427 g/mol. The van der Waals surface area contributed by atoms with E-state index in [1.807, 2.05) is 36.4 Å². The molecule has 2 aromatic carbocycles. The van der Waals surface area contributed by atoms with Crippen LogP contribution in [-0.2, 0) is 5.75 Å². The molecule has 0 saturated heterocycles. The van der Waals surface area contributed by atoms with Crippen molar-refractivity contribution < 1.29 is 9.47 Å². The molecule has 0 radical (unpaired) electrons. The van der Waals surface area contributed by atoms with Crippen LogP contribution in [0, 0.1) is 0 Å². The first-order valence-corrected chi connectivity index (χ1v) is 11.3. The Labute approximate surface area is 176 Å². The molecule has 0 aliphatic carbocycles. The third-order valence-electron chi connectivity index (χ3n) is 4.08. The largest absolute Gasteiger partial charge is 0.493 e. The van der Waals surface area contributed by atoms with E-state index in [0.29, 0.717) is 11.5 Å². The molecular weight excluding hydrogens is 408 g/mol. The van der Waals surface area contributed by atoms with E-state index < -0.39 is 0 Å². The molecule has 0 amide bonds.